The summed E-state index contributed by atoms with van der Waals surface area (Å²) in [7, 11) is 1.66. The molecule has 12 heteroatoms. The Balaban J connectivity index is 1.52. The van der Waals surface area contributed by atoms with Crippen LogP contribution in [-0.4, -0.2) is 59.4 Å². The lowest BCUT2D eigenvalue weighted by Crippen LogP contribution is -2.64. The lowest BCUT2D eigenvalue weighted by atomic mass is 9.87. The molecule has 1 aliphatic heterocycles. The van der Waals surface area contributed by atoms with E-state index in [4.69, 9.17) is 4.98 Å². The molecular formula is C22H19F3N8O. The first-order valence-corrected chi connectivity index (χ1v) is 10.4. The van der Waals surface area contributed by atoms with Gasteiger partial charge in [-0.2, -0.15) is 23.5 Å². The van der Waals surface area contributed by atoms with Crippen LogP contribution < -0.4 is 5.56 Å². The van der Waals surface area contributed by atoms with Gasteiger partial charge in [-0.3, -0.25) is 18.8 Å². The van der Waals surface area contributed by atoms with Crippen molar-refractivity contribution < 1.29 is 13.2 Å². The van der Waals surface area contributed by atoms with Gasteiger partial charge in [0.15, 0.2) is 5.82 Å². The number of rotatable bonds is 5. The van der Waals surface area contributed by atoms with E-state index in [1.807, 2.05) is 0 Å². The average molecular weight is 468 g/mol. The molecular weight excluding hydrogens is 449 g/mol. The van der Waals surface area contributed by atoms with Gasteiger partial charge in [0.2, 0.25) is 0 Å². The predicted octanol–water partition coefficient (Wildman–Crippen LogP) is 2.45. The van der Waals surface area contributed by atoms with E-state index < -0.39 is 18.3 Å². The zero-order valence-corrected chi connectivity index (χ0v) is 18.1. The second-order valence-electron chi connectivity index (χ2n) is 8.45. The second kappa shape index (κ2) is 7.81. The number of likely N-dealkylation sites (tertiary alicyclic amines) is 1. The number of aromatic nitrogens is 6. The molecule has 9 nitrogen and oxygen atoms in total. The summed E-state index contributed by atoms with van der Waals surface area (Å²) in [5.41, 5.74) is 1.21. The molecule has 34 heavy (non-hydrogen) atoms. The molecule has 174 valence electrons. The summed E-state index contributed by atoms with van der Waals surface area (Å²) in [6.07, 6.45) is 2.38. The van der Waals surface area contributed by atoms with Gasteiger partial charge in [0, 0.05) is 62.6 Å². The molecule has 0 aromatic carbocycles. The lowest BCUT2D eigenvalue weighted by molar-refractivity contribution is -0.167. The molecule has 5 rings (SSSR count). The first-order valence-electron chi connectivity index (χ1n) is 10.4. The van der Waals surface area contributed by atoms with Crippen molar-refractivity contribution in [3.63, 3.8) is 0 Å². The fourth-order valence-electron chi connectivity index (χ4n) is 4.30. The van der Waals surface area contributed by atoms with Crippen LogP contribution in [0.3, 0.4) is 0 Å². The molecule has 4 aromatic rings. The fourth-order valence-corrected chi connectivity index (χ4v) is 4.30. The summed E-state index contributed by atoms with van der Waals surface area (Å²) in [5, 5.41) is 13.9. The van der Waals surface area contributed by atoms with Crippen LogP contribution in [0.4, 0.5) is 13.2 Å². The fraction of sp³-hybridized carbons (Fsp3) is 0.318. The van der Waals surface area contributed by atoms with E-state index in [2.05, 4.69) is 16.2 Å². The first kappa shape index (κ1) is 21.8. The van der Waals surface area contributed by atoms with E-state index in [-0.39, 0.29) is 25.1 Å². The van der Waals surface area contributed by atoms with Crippen LogP contribution in [0.2, 0.25) is 0 Å². The highest BCUT2D eigenvalue weighted by Gasteiger charge is 2.48. The monoisotopic (exact) mass is 468 g/mol. The molecule has 1 fully saturated rings. The van der Waals surface area contributed by atoms with Crippen molar-refractivity contribution in [1.82, 2.24) is 33.6 Å². The van der Waals surface area contributed by atoms with Crippen molar-refractivity contribution in [3.05, 3.63) is 59.4 Å². The minimum absolute atomic E-state index is 0.0315. The summed E-state index contributed by atoms with van der Waals surface area (Å²) in [6, 6.07) is 8.80. The third-order valence-corrected chi connectivity index (χ3v) is 5.94. The van der Waals surface area contributed by atoms with Gasteiger partial charge in [-0.1, -0.05) is 0 Å². The topological polar surface area (TPSA) is 97.0 Å². The normalized spacial score (nSPS) is 15.9. The van der Waals surface area contributed by atoms with Crippen molar-refractivity contribution in [2.75, 3.05) is 19.6 Å². The van der Waals surface area contributed by atoms with Gasteiger partial charge in [-0.05, 0) is 12.1 Å². The van der Waals surface area contributed by atoms with Gasteiger partial charge in [-0.15, -0.1) is 0 Å². The molecule has 0 atom stereocenters. The maximum absolute atomic E-state index is 12.8. The molecule has 0 radical (unpaired) electrons. The minimum atomic E-state index is -4.30. The number of imidazole rings is 1. The molecule has 0 unspecified atom stereocenters. The molecule has 1 saturated heterocycles. The van der Waals surface area contributed by atoms with Crippen LogP contribution in [0, 0.1) is 11.3 Å². The van der Waals surface area contributed by atoms with Gasteiger partial charge in [0.25, 0.3) is 5.56 Å². The van der Waals surface area contributed by atoms with Gasteiger partial charge >= 0.3 is 6.18 Å². The average Bonchev–Trinajstić information content (AvgIpc) is 3.42. The molecule has 1 aliphatic rings. The SMILES string of the molecule is Cn1ccc(-c2cc3nccn3c(-c3ccn(C4(CC#N)CN(CC(F)(F)F)C4)n3)n2)cc1=O. The predicted molar refractivity (Wildman–Crippen MR) is 116 cm³/mol. The summed E-state index contributed by atoms with van der Waals surface area (Å²) in [6.45, 7) is -0.880. The van der Waals surface area contributed by atoms with Crippen molar-refractivity contribution in [2.45, 2.75) is 18.1 Å². The zero-order valence-electron chi connectivity index (χ0n) is 18.1. The highest BCUT2D eigenvalue weighted by atomic mass is 19.4. The highest BCUT2D eigenvalue weighted by molar-refractivity contribution is 5.67. The van der Waals surface area contributed by atoms with Crippen LogP contribution in [0.15, 0.2) is 53.8 Å². The minimum Gasteiger partial charge on any atom is -0.319 e. The van der Waals surface area contributed by atoms with E-state index >= 15 is 0 Å². The molecule has 0 aliphatic carbocycles. The van der Waals surface area contributed by atoms with E-state index in [0.717, 1.165) is 0 Å². The number of nitrogens with zero attached hydrogens (tertiary/aromatic N) is 8. The molecule has 0 amide bonds. The van der Waals surface area contributed by atoms with Gasteiger partial charge in [0.05, 0.1) is 24.7 Å². The Hall–Kier alpha value is -3.98. The third kappa shape index (κ3) is 3.84. The Kier molecular flexibility index (Phi) is 5.02. The number of pyridine rings is 1. The van der Waals surface area contributed by atoms with E-state index in [1.165, 1.54) is 15.5 Å². The van der Waals surface area contributed by atoms with E-state index in [9.17, 15) is 23.2 Å². The number of fused-ring (bicyclic) bond motifs is 1. The number of nitriles is 1. The number of aryl methyl sites for hydroxylation is 1. The molecule has 0 bridgehead atoms. The van der Waals surface area contributed by atoms with E-state index in [1.54, 1.807) is 59.1 Å². The molecule has 0 N–H and O–H groups in total. The summed E-state index contributed by atoms with van der Waals surface area (Å²) in [4.78, 5) is 22.4. The Morgan fingerprint density at radius 1 is 1.15 bits per heavy atom. The Morgan fingerprint density at radius 2 is 1.94 bits per heavy atom. The largest absolute Gasteiger partial charge is 0.401 e. The number of alkyl halides is 3. The Morgan fingerprint density at radius 3 is 2.65 bits per heavy atom. The van der Waals surface area contributed by atoms with Crippen LogP contribution in [0.1, 0.15) is 6.42 Å². The summed E-state index contributed by atoms with van der Waals surface area (Å²) >= 11 is 0. The standard InChI is InChI=1S/C22H19F3N8O/c1-30-7-2-15(10-19(30)34)17-11-18-27-6-9-32(18)20(28-17)16-3-8-33(29-16)21(4-5-26)12-31(13-21)14-22(23,24)25/h2-3,6-11H,4,12-14H2,1H3. The van der Waals surface area contributed by atoms with Crippen LogP contribution in [-0.2, 0) is 12.6 Å². The zero-order chi connectivity index (χ0) is 24.1. The van der Waals surface area contributed by atoms with Crippen molar-refractivity contribution in [2.24, 2.45) is 7.05 Å². The van der Waals surface area contributed by atoms with Crippen molar-refractivity contribution >= 4 is 5.65 Å². The van der Waals surface area contributed by atoms with E-state index in [0.29, 0.717) is 28.4 Å². The molecule has 0 saturated carbocycles. The quantitative estimate of drug-likeness (QED) is 0.446. The molecule has 0 spiro atoms. The summed E-state index contributed by atoms with van der Waals surface area (Å²) in [5.74, 6) is 0.461. The van der Waals surface area contributed by atoms with Gasteiger partial charge in [0.1, 0.15) is 16.9 Å². The number of hydrogen-bond donors (Lipinski definition) is 0. The van der Waals surface area contributed by atoms with Crippen molar-refractivity contribution in [3.8, 4) is 28.8 Å². The van der Waals surface area contributed by atoms with Crippen LogP contribution >= 0.6 is 0 Å². The van der Waals surface area contributed by atoms with Gasteiger partial charge in [-0.25, -0.2) is 9.97 Å². The maximum atomic E-state index is 12.8. The first-order chi connectivity index (χ1) is 16.2. The van der Waals surface area contributed by atoms with Crippen molar-refractivity contribution in [1.29, 1.82) is 5.26 Å². The van der Waals surface area contributed by atoms with Gasteiger partial charge < -0.3 is 4.57 Å². The van der Waals surface area contributed by atoms with Crippen LogP contribution in [0.5, 0.6) is 0 Å². The Labute approximate surface area is 191 Å². The Bertz CT molecular complexity index is 1470. The second-order valence-corrected chi connectivity index (χ2v) is 8.45. The molecule has 4 aromatic heterocycles. The smallest absolute Gasteiger partial charge is 0.319 e. The maximum Gasteiger partial charge on any atom is 0.401 e. The molecule has 5 heterocycles. The van der Waals surface area contributed by atoms with Crippen LogP contribution in [0.25, 0.3) is 28.4 Å². The summed E-state index contributed by atoms with van der Waals surface area (Å²) < 4.78 is 43.1. The highest BCUT2D eigenvalue weighted by Crippen LogP contribution is 2.35. The number of hydrogen-bond acceptors (Lipinski definition) is 6. The third-order valence-electron chi connectivity index (χ3n) is 5.94. The lowest BCUT2D eigenvalue weighted by Gasteiger charge is -2.49. The number of halogens is 3.